The predicted octanol–water partition coefficient (Wildman–Crippen LogP) is 4.03. The van der Waals surface area contributed by atoms with Crippen LogP contribution in [0.2, 0.25) is 5.02 Å². The number of carbonyl (C=O) groups is 1. The Bertz CT molecular complexity index is 785. The molecule has 1 fully saturated rings. The van der Waals surface area contributed by atoms with Crippen LogP contribution < -0.4 is 0 Å². The summed E-state index contributed by atoms with van der Waals surface area (Å²) in [6.45, 7) is 3.26. The zero-order valence-electron chi connectivity index (χ0n) is 14.8. The van der Waals surface area contributed by atoms with Gasteiger partial charge in [-0.05, 0) is 31.9 Å². The van der Waals surface area contributed by atoms with Crippen LogP contribution in [0.25, 0.3) is 11.5 Å². The van der Waals surface area contributed by atoms with Crippen molar-refractivity contribution in [3.8, 4) is 11.5 Å². The summed E-state index contributed by atoms with van der Waals surface area (Å²) in [5.74, 6) is 0.559. The molecular formula is C19H23ClN2O3S. The monoisotopic (exact) mass is 394 g/mol. The summed E-state index contributed by atoms with van der Waals surface area (Å²) in [4.78, 5) is 18.9. The van der Waals surface area contributed by atoms with Crippen molar-refractivity contribution < 1.29 is 13.4 Å². The van der Waals surface area contributed by atoms with E-state index in [9.17, 15) is 9.00 Å². The van der Waals surface area contributed by atoms with Crippen molar-refractivity contribution in [2.75, 3.05) is 13.1 Å². The topological polar surface area (TPSA) is 63.4 Å². The van der Waals surface area contributed by atoms with E-state index < -0.39 is 16.0 Å². The average Bonchev–Trinajstić information content (AvgIpc) is 2.92. The minimum absolute atomic E-state index is 0.0277. The standard InChI is InChI=1S/C19H23ClN2O3S/c1-14(19(23)22-10-6-2-3-7-11-22)26(24)13-15-12-25-18(21-15)16-8-4-5-9-17(16)20/h4-5,8-9,12,14H,2-3,6-7,10-11,13H2,1H3/t14-,26+/m1/s1. The fourth-order valence-electron chi connectivity index (χ4n) is 3.06. The van der Waals surface area contributed by atoms with Gasteiger partial charge in [-0.15, -0.1) is 0 Å². The number of rotatable bonds is 5. The van der Waals surface area contributed by atoms with Crippen LogP contribution in [0.15, 0.2) is 34.9 Å². The Labute approximate surface area is 161 Å². The first kappa shape index (κ1) is 19.1. The van der Waals surface area contributed by atoms with Gasteiger partial charge in [0.15, 0.2) is 0 Å². The first-order valence-electron chi connectivity index (χ1n) is 8.91. The first-order chi connectivity index (χ1) is 12.6. The van der Waals surface area contributed by atoms with Gasteiger partial charge in [-0.3, -0.25) is 9.00 Å². The van der Waals surface area contributed by atoms with Crippen LogP contribution in [-0.2, 0) is 21.3 Å². The van der Waals surface area contributed by atoms with E-state index in [2.05, 4.69) is 4.98 Å². The lowest BCUT2D eigenvalue weighted by Gasteiger charge is -2.23. The van der Waals surface area contributed by atoms with Crippen molar-refractivity contribution in [3.63, 3.8) is 0 Å². The number of hydrogen-bond acceptors (Lipinski definition) is 4. The minimum Gasteiger partial charge on any atom is -0.444 e. The Morgan fingerprint density at radius 1 is 1.27 bits per heavy atom. The van der Waals surface area contributed by atoms with Crippen LogP contribution in [0.3, 0.4) is 0 Å². The van der Waals surface area contributed by atoms with Gasteiger partial charge in [0.1, 0.15) is 11.5 Å². The Hall–Kier alpha value is -1.66. The molecule has 0 aliphatic carbocycles. The fraction of sp³-hybridized carbons (Fsp3) is 0.474. The smallest absolute Gasteiger partial charge is 0.238 e. The lowest BCUT2D eigenvalue weighted by molar-refractivity contribution is -0.130. The number of nitrogens with zero attached hydrogens (tertiary/aromatic N) is 2. The molecule has 1 amide bonds. The van der Waals surface area contributed by atoms with E-state index in [4.69, 9.17) is 16.0 Å². The number of hydrogen-bond donors (Lipinski definition) is 0. The molecule has 1 saturated heterocycles. The van der Waals surface area contributed by atoms with Gasteiger partial charge < -0.3 is 9.32 Å². The van der Waals surface area contributed by atoms with E-state index in [0.717, 1.165) is 38.8 Å². The second-order valence-electron chi connectivity index (χ2n) is 6.53. The summed E-state index contributed by atoms with van der Waals surface area (Å²) < 4.78 is 18.1. The molecule has 0 spiro atoms. The van der Waals surface area contributed by atoms with Crippen molar-refractivity contribution in [3.05, 3.63) is 41.2 Å². The maximum Gasteiger partial charge on any atom is 0.238 e. The molecule has 1 aromatic carbocycles. The molecule has 0 radical (unpaired) electrons. The largest absolute Gasteiger partial charge is 0.444 e. The molecule has 26 heavy (non-hydrogen) atoms. The predicted molar refractivity (Wildman–Crippen MR) is 103 cm³/mol. The number of benzene rings is 1. The van der Waals surface area contributed by atoms with Crippen LogP contribution in [0.5, 0.6) is 0 Å². The number of halogens is 1. The number of aromatic nitrogens is 1. The lowest BCUT2D eigenvalue weighted by atomic mass is 10.2. The van der Waals surface area contributed by atoms with Crippen molar-refractivity contribution in [2.45, 2.75) is 43.6 Å². The molecule has 0 N–H and O–H groups in total. The van der Waals surface area contributed by atoms with Gasteiger partial charge in [-0.2, -0.15) is 0 Å². The molecule has 140 valence electrons. The van der Waals surface area contributed by atoms with Crippen LogP contribution in [-0.4, -0.2) is 38.3 Å². The van der Waals surface area contributed by atoms with Crippen molar-refractivity contribution in [2.24, 2.45) is 0 Å². The van der Waals surface area contributed by atoms with E-state index in [1.165, 1.54) is 6.26 Å². The second kappa shape index (κ2) is 8.82. The Kier molecular flexibility index (Phi) is 6.48. The van der Waals surface area contributed by atoms with Gasteiger partial charge >= 0.3 is 0 Å². The molecule has 0 unspecified atom stereocenters. The van der Waals surface area contributed by atoms with Crippen molar-refractivity contribution >= 4 is 28.3 Å². The molecule has 3 rings (SSSR count). The Morgan fingerprint density at radius 3 is 2.65 bits per heavy atom. The summed E-state index contributed by atoms with van der Waals surface area (Å²) >= 11 is 6.15. The van der Waals surface area contributed by atoms with Gasteiger partial charge in [0.25, 0.3) is 0 Å². The van der Waals surface area contributed by atoms with Crippen LogP contribution in [0.1, 0.15) is 38.3 Å². The van der Waals surface area contributed by atoms with E-state index in [1.54, 1.807) is 13.0 Å². The molecule has 1 aromatic heterocycles. The molecule has 2 atom stereocenters. The molecule has 1 aliphatic rings. The maximum absolute atomic E-state index is 12.7. The van der Waals surface area contributed by atoms with Crippen LogP contribution in [0.4, 0.5) is 0 Å². The third-order valence-electron chi connectivity index (χ3n) is 4.61. The van der Waals surface area contributed by atoms with Gasteiger partial charge in [0.05, 0.1) is 22.0 Å². The van der Waals surface area contributed by atoms with Crippen molar-refractivity contribution in [1.29, 1.82) is 0 Å². The Morgan fingerprint density at radius 2 is 1.96 bits per heavy atom. The highest BCUT2D eigenvalue weighted by Crippen LogP contribution is 2.27. The van der Waals surface area contributed by atoms with Crippen LogP contribution in [0, 0.1) is 0 Å². The van der Waals surface area contributed by atoms with E-state index in [-0.39, 0.29) is 11.7 Å². The normalized spacial score (nSPS) is 17.5. The first-order valence-corrected chi connectivity index (χ1v) is 10.7. The molecule has 0 saturated carbocycles. The van der Waals surface area contributed by atoms with Gasteiger partial charge in [0, 0.05) is 23.9 Å². The summed E-state index contributed by atoms with van der Waals surface area (Å²) in [6.07, 6.45) is 5.85. The Balaban J connectivity index is 1.64. The quantitative estimate of drug-likeness (QED) is 0.767. The highest BCUT2D eigenvalue weighted by atomic mass is 35.5. The second-order valence-corrected chi connectivity index (χ2v) is 8.70. The minimum atomic E-state index is -1.35. The van der Waals surface area contributed by atoms with E-state index in [1.807, 2.05) is 23.1 Å². The molecule has 2 aromatic rings. The van der Waals surface area contributed by atoms with Gasteiger partial charge in [0.2, 0.25) is 11.8 Å². The molecular weight excluding hydrogens is 372 g/mol. The number of carbonyl (C=O) groups excluding carboxylic acids is 1. The van der Waals surface area contributed by atoms with Crippen LogP contribution >= 0.6 is 11.6 Å². The van der Waals surface area contributed by atoms with Gasteiger partial charge in [-0.1, -0.05) is 36.6 Å². The van der Waals surface area contributed by atoms with E-state index in [0.29, 0.717) is 22.2 Å². The van der Waals surface area contributed by atoms with E-state index >= 15 is 0 Å². The summed E-state index contributed by atoms with van der Waals surface area (Å²) in [6, 6.07) is 7.27. The average molecular weight is 395 g/mol. The number of likely N-dealkylation sites (tertiary alicyclic amines) is 1. The zero-order valence-corrected chi connectivity index (χ0v) is 16.4. The molecule has 1 aliphatic heterocycles. The number of amides is 1. The molecule has 0 bridgehead atoms. The lowest BCUT2D eigenvalue weighted by Crippen LogP contribution is -2.40. The van der Waals surface area contributed by atoms with Gasteiger partial charge in [-0.25, -0.2) is 4.98 Å². The highest BCUT2D eigenvalue weighted by molar-refractivity contribution is 7.85. The molecule has 7 heteroatoms. The third-order valence-corrected chi connectivity index (χ3v) is 6.51. The molecule has 5 nitrogen and oxygen atoms in total. The van der Waals surface area contributed by atoms with Crippen molar-refractivity contribution in [1.82, 2.24) is 9.88 Å². The summed E-state index contributed by atoms with van der Waals surface area (Å²) in [5.41, 5.74) is 1.26. The third kappa shape index (κ3) is 4.54. The molecule has 2 heterocycles. The summed E-state index contributed by atoms with van der Waals surface area (Å²) in [7, 11) is -1.35. The number of oxazole rings is 1. The summed E-state index contributed by atoms with van der Waals surface area (Å²) in [5, 5.41) is 0.000273. The highest BCUT2D eigenvalue weighted by Gasteiger charge is 2.26. The maximum atomic E-state index is 12.7. The fourth-order valence-corrected chi connectivity index (χ4v) is 4.33. The zero-order chi connectivity index (χ0) is 18.5. The SMILES string of the molecule is C[C@H](C(=O)N1CCCCCC1)[S@@](=O)Cc1coc(-c2ccccc2Cl)n1.